The third kappa shape index (κ3) is 2.98. The average molecular weight is 342 g/mol. The Morgan fingerprint density at radius 3 is 2.58 bits per heavy atom. The van der Waals surface area contributed by atoms with Gasteiger partial charge in [0.1, 0.15) is 11.6 Å². The normalized spacial score (nSPS) is 12.1. The van der Waals surface area contributed by atoms with Crippen LogP contribution in [0.1, 0.15) is 17.3 Å². The lowest BCUT2D eigenvalue weighted by atomic mass is 10.1. The standard InChI is InChI=1S/C17H14N2O4S/c1-10(19(24)17(21)22)15(20)12-7-8-13-14(9-12)23-16(18-13)11-5-3-2-4-6-11/h2-10,24H,1H3,(H,21,22). The molecule has 1 N–H and O–H groups in total. The zero-order valence-corrected chi connectivity index (χ0v) is 13.6. The number of hydrogen-bond acceptors (Lipinski definition) is 5. The zero-order chi connectivity index (χ0) is 17.3. The van der Waals surface area contributed by atoms with Crippen LogP contribution in [-0.2, 0) is 0 Å². The Bertz CT molecular complexity index is 907. The van der Waals surface area contributed by atoms with Gasteiger partial charge in [-0.05, 0) is 37.3 Å². The van der Waals surface area contributed by atoms with Crippen molar-refractivity contribution in [3.05, 3.63) is 54.1 Å². The molecule has 0 spiro atoms. The second-order valence-corrected chi connectivity index (χ2v) is 5.67. The lowest BCUT2D eigenvalue weighted by Crippen LogP contribution is -2.35. The van der Waals surface area contributed by atoms with Crippen molar-refractivity contribution >= 4 is 35.8 Å². The molecule has 0 aliphatic rings. The summed E-state index contributed by atoms with van der Waals surface area (Å²) >= 11 is 3.81. The summed E-state index contributed by atoms with van der Waals surface area (Å²) in [6.07, 6.45) is -1.29. The minimum absolute atomic E-state index is 0.339. The molecule has 0 aliphatic heterocycles. The van der Waals surface area contributed by atoms with Gasteiger partial charge in [0.2, 0.25) is 5.89 Å². The second kappa shape index (κ2) is 6.37. The Balaban J connectivity index is 1.94. The summed E-state index contributed by atoms with van der Waals surface area (Å²) in [5, 5.41) is 8.92. The van der Waals surface area contributed by atoms with Gasteiger partial charge in [0.25, 0.3) is 0 Å². The van der Waals surface area contributed by atoms with Crippen molar-refractivity contribution in [1.82, 2.24) is 9.29 Å². The van der Waals surface area contributed by atoms with Crippen molar-refractivity contribution in [3.8, 4) is 11.5 Å². The SMILES string of the molecule is CC(C(=O)c1ccc2nc(-c3ccccc3)oc2c1)N(S)C(=O)O. The Labute approximate surface area is 143 Å². The quantitative estimate of drug-likeness (QED) is 0.555. The van der Waals surface area contributed by atoms with Crippen LogP contribution in [0.2, 0.25) is 0 Å². The Morgan fingerprint density at radius 1 is 1.21 bits per heavy atom. The van der Waals surface area contributed by atoms with Gasteiger partial charge in [-0.1, -0.05) is 31.0 Å². The molecule has 0 saturated heterocycles. The first-order valence-corrected chi connectivity index (χ1v) is 7.58. The lowest BCUT2D eigenvalue weighted by molar-refractivity contribution is 0.0902. The van der Waals surface area contributed by atoms with Crippen LogP contribution in [0, 0.1) is 0 Å². The smallest absolute Gasteiger partial charge is 0.417 e. The van der Waals surface area contributed by atoms with Crippen LogP contribution < -0.4 is 0 Å². The van der Waals surface area contributed by atoms with Gasteiger partial charge in [-0.15, -0.1) is 0 Å². The maximum absolute atomic E-state index is 12.4. The largest absolute Gasteiger partial charge is 0.464 e. The maximum atomic E-state index is 12.4. The van der Waals surface area contributed by atoms with Gasteiger partial charge in [-0.25, -0.2) is 14.1 Å². The highest BCUT2D eigenvalue weighted by Crippen LogP contribution is 2.25. The van der Waals surface area contributed by atoms with Crippen molar-refractivity contribution in [2.45, 2.75) is 13.0 Å². The number of Topliss-reactive ketones (excluding diaryl/α,β-unsaturated/α-hetero) is 1. The molecule has 1 unspecified atom stereocenters. The molecular weight excluding hydrogens is 328 g/mol. The number of benzene rings is 2. The first kappa shape index (κ1) is 16.1. The number of thiol groups is 1. The van der Waals surface area contributed by atoms with Crippen LogP contribution in [-0.4, -0.2) is 32.3 Å². The Morgan fingerprint density at radius 2 is 1.92 bits per heavy atom. The van der Waals surface area contributed by atoms with Crippen LogP contribution >= 0.6 is 12.8 Å². The predicted molar refractivity (Wildman–Crippen MR) is 92.1 cm³/mol. The van der Waals surface area contributed by atoms with Crippen molar-refractivity contribution in [1.29, 1.82) is 0 Å². The molecule has 1 atom stereocenters. The van der Waals surface area contributed by atoms with E-state index < -0.39 is 12.1 Å². The molecule has 1 heterocycles. The molecule has 3 aromatic rings. The summed E-state index contributed by atoms with van der Waals surface area (Å²) < 4.78 is 6.39. The number of hydrogen-bond donors (Lipinski definition) is 2. The highest BCUT2D eigenvalue weighted by molar-refractivity contribution is 7.78. The molecular formula is C17H14N2O4S. The van der Waals surface area contributed by atoms with E-state index in [-0.39, 0.29) is 5.78 Å². The molecule has 6 nitrogen and oxygen atoms in total. The van der Waals surface area contributed by atoms with Crippen LogP contribution in [0.3, 0.4) is 0 Å². The zero-order valence-electron chi connectivity index (χ0n) is 12.7. The van der Waals surface area contributed by atoms with Gasteiger partial charge in [-0.2, -0.15) is 0 Å². The van der Waals surface area contributed by atoms with E-state index in [1.165, 1.54) is 6.92 Å². The first-order valence-electron chi connectivity index (χ1n) is 7.18. The summed E-state index contributed by atoms with van der Waals surface area (Å²) in [5.74, 6) is 0.0940. The second-order valence-electron chi connectivity index (χ2n) is 5.23. The Hall–Kier alpha value is -2.80. The number of ketones is 1. The highest BCUT2D eigenvalue weighted by Gasteiger charge is 2.24. The number of carbonyl (C=O) groups is 2. The predicted octanol–water partition coefficient (Wildman–Crippen LogP) is 3.89. The lowest BCUT2D eigenvalue weighted by Gasteiger charge is -2.18. The van der Waals surface area contributed by atoms with Crippen LogP contribution in [0.4, 0.5) is 4.79 Å². The van der Waals surface area contributed by atoms with Gasteiger partial charge in [0.15, 0.2) is 11.4 Å². The third-order valence-corrected chi connectivity index (χ3v) is 4.15. The third-order valence-electron chi connectivity index (χ3n) is 3.64. The van der Waals surface area contributed by atoms with Gasteiger partial charge < -0.3 is 9.52 Å². The van der Waals surface area contributed by atoms with Crippen molar-refractivity contribution in [2.75, 3.05) is 0 Å². The molecule has 24 heavy (non-hydrogen) atoms. The molecule has 0 aliphatic carbocycles. The molecule has 1 aromatic heterocycles. The van der Waals surface area contributed by atoms with E-state index in [9.17, 15) is 9.59 Å². The van der Waals surface area contributed by atoms with E-state index in [1.54, 1.807) is 18.2 Å². The number of fused-ring (bicyclic) bond motifs is 1. The number of rotatable bonds is 4. The molecule has 122 valence electrons. The fraction of sp³-hybridized carbons (Fsp3) is 0.118. The van der Waals surface area contributed by atoms with E-state index in [0.717, 1.165) is 5.56 Å². The number of carboxylic acid groups (broad SMARTS) is 1. The molecule has 0 saturated carbocycles. The van der Waals surface area contributed by atoms with Gasteiger partial charge in [0.05, 0.1) is 0 Å². The molecule has 2 aromatic carbocycles. The number of aromatic nitrogens is 1. The van der Waals surface area contributed by atoms with E-state index in [2.05, 4.69) is 17.8 Å². The molecule has 7 heteroatoms. The average Bonchev–Trinajstić information content (AvgIpc) is 3.03. The minimum atomic E-state index is -1.29. The number of oxazole rings is 1. The van der Waals surface area contributed by atoms with Gasteiger partial charge >= 0.3 is 6.09 Å². The fourth-order valence-electron chi connectivity index (χ4n) is 2.30. The van der Waals surface area contributed by atoms with Crippen LogP contribution in [0.15, 0.2) is 52.9 Å². The minimum Gasteiger partial charge on any atom is -0.464 e. The summed E-state index contributed by atoms with van der Waals surface area (Å²) in [7, 11) is 0. The monoisotopic (exact) mass is 342 g/mol. The number of amides is 1. The summed E-state index contributed by atoms with van der Waals surface area (Å²) in [6, 6.07) is 13.3. The van der Waals surface area contributed by atoms with E-state index in [4.69, 9.17) is 9.52 Å². The van der Waals surface area contributed by atoms with Crippen molar-refractivity contribution in [3.63, 3.8) is 0 Å². The van der Waals surface area contributed by atoms with Gasteiger partial charge in [0, 0.05) is 11.1 Å². The number of carbonyl (C=O) groups excluding carboxylic acids is 1. The van der Waals surface area contributed by atoms with Crippen LogP contribution in [0.5, 0.6) is 0 Å². The van der Waals surface area contributed by atoms with Gasteiger partial charge in [-0.3, -0.25) is 4.79 Å². The molecule has 0 fully saturated rings. The first-order chi connectivity index (χ1) is 11.5. The summed E-state index contributed by atoms with van der Waals surface area (Å²) in [5.41, 5.74) is 2.26. The topological polar surface area (TPSA) is 83.6 Å². The molecule has 3 rings (SSSR count). The van der Waals surface area contributed by atoms with Crippen molar-refractivity contribution < 1.29 is 19.1 Å². The maximum Gasteiger partial charge on any atom is 0.417 e. The highest BCUT2D eigenvalue weighted by atomic mass is 32.1. The summed E-state index contributed by atoms with van der Waals surface area (Å²) in [4.78, 5) is 27.7. The van der Waals surface area contributed by atoms with Crippen LogP contribution in [0.25, 0.3) is 22.6 Å². The molecule has 0 radical (unpaired) electrons. The van der Waals surface area contributed by atoms with E-state index in [0.29, 0.717) is 26.9 Å². The fourth-order valence-corrected chi connectivity index (χ4v) is 2.40. The Kier molecular flexibility index (Phi) is 4.26. The van der Waals surface area contributed by atoms with E-state index >= 15 is 0 Å². The van der Waals surface area contributed by atoms with E-state index in [1.807, 2.05) is 30.3 Å². The number of nitrogens with zero attached hydrogens (tertiary/aromatic N) is 2. The molecule has 0 bridgehead atoms. The summed E-state index contributed by atoms with van der Waals surface area (Å²) in [6.45, 7) is 1.48. The molecule has 1 amide bonds. The van der Waals surface area contributed by atoms with Crippen molar-refractivity contribution in [2.24, 2.45) is 0 Å².